The van der Waals surface area contributed by atoms with Crippen LogP contribution in [0.25, 0.3) is 10.9 Å². The maximum atomic E-state index is 4.34. The Bertz CT molecular complexity index is 733. The van der Waals surface area contributed by atoms with Crippen molar-refractivity contribution in [2.24, 2.45) is 20.0 Å². The van der Waals surface area contributed by atoms with Crippen LogP contribution in [0.2, 0.25) is 0 Å². The Kier molecular flexibility index (Phi) is 1.26. The summed E-state index contributed by atoms with van der Waals surface area (Å²) in [5.41, 5.74) is 2.47. The lowest BCUT2D eigenvalue weighted by Gasteiger charge is -2.01. The smallest absolute Gasteiger partial charge is 0.121 e. The van der Waals surface area contributed by atoms with Crippen LogP contribution in [0, 0.1) is 0 Å². The van der Waals surface area contributed by atoms with E-state index in [2.05, 4.69) is 25.0 Å². The monoisotopic (exact) mass is 207 g/mol. The summed E-state index contributed by atoms with van der Waals surface area (Å²) in [5.74, 6) is 0. The average Bonchev–Trinajstić information content (AvgIpc) is 2.98. The van der Waals surface area contributed by atoms with Crippen LogP contribution in [0.5, 0.6) is 0 Å². The predicted molar refractivity (Wildman–Crippen MR) is 60.4 cm³/mol. The maximum Gasteiger partial charge on any atom is 0.121 e. The van der Waals surface area contributed by atoms with Crippen molar-refractivity contribution < 1.29 is 0 Å². The molecule has 0 atom stereocenters. The summed E-state index contributed by atoms with van der Waals surface area (Å²) in [7, 11) is 0. The Morgan fingerprint density at radius 2 is 1.62 bits per heavy atom. The van der Waals surface area contributed by atoms with Crippen LogP contribution in [0.15, 0.2) is 38.3 Å². The molecule has 5 nitrogen and oxygen atoms in total. The Labute approximate surface area is 89.6 Å². The van der Waals surface area contributed by atoms with E-state index in [-0.39, 0.29) is 0 Å². The molecular weight excluding hydrogens is 202 g/mol. The molecule has 0 bridgehead atoms. The number of benzene rings is 1. The van der Waals surface area contributed by atoms with E-state index in [1.165, 1.54) is 6.34 Å². The van der Waals surface area contributed by atoms with E-state index in [0.717, 1.165) is 33.0 Å². The van der Waals surface area contributed by atoms with E-state index in [9.17, 15) is 0 Å². The van der Waals surface area contributed by atoms with Crippen molar-refractivity contribution in [1.82, 2.24) is 4.98 Å². The van der Waals surface area contributed by atoms with Gasteiger partial charge in [0.25, 0.3) is 0 Å². The molecule has 0 aliphatic carbocycles. The minimum absolute atomic E-state index is 0.777. The summed E-state index contributed by atoms with van der Waals surface area (Å²) in [6.45, 7) is 0. The normalized spacial score (nSPS) is 14.8. The van der Waals surface area contributed by atoms with Gasteiger partial charge in [0.15, 0.2) is 0 Å². The van der Waals surface area contributed by atoms with Crippen molar-refractivity contribution in [3.05, 3.63) is 29.0 Å². The molecule has 0 radical (unpaired) electrons. The van der Waals surface area contributed by atoms with Crippen LogP contribution < -0.4 is 10.7 Å². The maximum absolute atomic E-state index is 4.34. The quantitative estimate of drug-likeness (QED) is 0.630. The summed E-state index contributed by atoms with van der Waals surface area (Å²) in [6.07, 6.45) is 4.83. The van der Waals surface area contributed by atoms with Gasteiger partial charge in [-0.3, -0.25) is 4.98 Å². The number of hydrogen-bond donors (Lipinski definition) is 0. The zero-order valence-corrected chi connectivity index (χ0v) is 8.12. The summed E-state index contributed by atoms with van der Waals surface area (Å²) >= 11 is 0. The minimum Gasteiger partial charge on any atom is -0.254 e. The average molecular weight is 207 g/mol. The van der Waals surface area contributed by atoms with Crippen molar-refractivity contribution >= 4 is 35.0 Å². The molecule has 74 valence electrons. The van der Waals surface area contributed by atoms with Crippen LogP contribution in [-0.2, 0) is 0 Å². The van der Waals surface area contributed by atoms with E-state index in [1.807, 2.05) is 12.1 Å². The molecule has 4 rings (SSSR count). The molecule has 5 heteroatoms. The first-order chi connectivity index (χ1) is 7.95. The van der Waals surface area contributed by atoms with E-state index >= 15 is 0 Å². The lowest BCUT2D eigenvalue weighted by atomic mass is 10.1. The van der Waals surface area contributed by atoms with Gasteiger partial charge in [0.05, 0.1) is 0 Å². The first-order valence-electron chi connectivity index (χ1n) is 4.86. The molecule has 0 saturated heterocycles. The molecule has 3 heterocycles. The second-order valence-electron chi connectivity index (χ2n) is 3.54. The molecule has 0 saturated carbocycles. The molecule has 2 aromatic rings. The minimum atomic E-state index is 0.777. The van der Waals surface area contributed by atoms with Gasteiger partial charge in [-0.1, -0.05) is 0 Å². The topological polar surface area (TPSA) is 62.3 Å². The third-order valence-electron chi connectivity index (χ3n) is 2.71. The van der Waals surface area contributed by atoms with Gasteiger partial charge in [-0.15, -0.1) is 0 Å². The van der Waals surface area contributed by atoms with Crippen LogP contribution >= 0.6 is 0 Å². The van der Waals surface area contributed by atoms with Crippen molar-refractivity contribution in [1.29, 1.82) is 0 Å². The molecule has 0 fully saturated rings. The van der Waals surface area contributed by atoms with Gasteiger partial charge in [0.1, 0.15) is 40.3 Å². The molecule has 16 heavy (non-hydrogen) atoms. The van der Waals surface area contributed by atoms with Crippen molar-refractivity contribution in [2.75, 3.05) is 0 Å². The molecule has 2 aliphatic rings. The first kappa shape index (κ1) is 7.81. The number of aromatic nitrogens is 1. The van der Waals surface area contributed by atoms with Gasteiger partial charge in [0.2, 0.25) is 0 Å². The molecule has 1 aromatic carbocycles. The van der Waals surface area contributed by atoms with Gasteiger partial charge in [0, 0.05) is 11.6 Å². The van der Waals surface area contributed by atoms with Crippen molar-refractivity contribution in [3.8, 4) is 0 Å². The highest BCUT2D eigenvalue weighted by Crippen LogP contribution is 2.27. The summed E-state index contributed by atoms with van der Waals surface area (Å²) in [4.78, 5) is 21.3. The van der Waals surface area contributed by atoms with Crippen molar-refractivity contribution in [3.63, 3.8) is 0 Å². The standard InChI is InChI=1S/C11H5N5/c1-2-6-7(12-3-1)9-11(16-5-15-9)10-8(6)13-4-14-10/h1-5H. The number of hydrogen-bond acceptors (Lipinski definition) is 5. The van der Waals surface area contributed by atoms with Gasteiger partial charge in [-0.05, 0) is 12.1 Å². The fourth-order valence-electron chi connectivity index (χ4n) is 2.04. The number of rotatable bonds is 0. The summed E-state index contributed by atoms with van der Waals surface area (Å²) in [6, 6.07) is 3.87. The molecule has 0 N–H and O–H groups in total. The number of fused-ring (bicyclic) bond motifs is 6. The van der Waals surface area contributed by atoms with E-state index in [1.54, 1.807) is 12.5 Å². The molecule has 1 aromatic heterocycles. The van der Waals surface area contributed by atoms with Crippen LogP contribution in [0.4, 0.5) is 11.4 Å². The number of aliphatic imine (C=N–C) groups is 2. The highest BCUT2D eigenvalue weighted by atomic mass is 15.0. The van der Waals surface area contributed by atoms with E-state index in [4.69, 9.17) is 0 Å². The second kappa shape index (κ2) is 2.57. The van der Waals surface area contributed by atoms with E-state index < -0.39 is 0 Å². The fourth-order valence-corrected chi connectivity index (χ4v) is 2.04. The first-order valence-corrected chi connectivity index (χ1v) is 4.86. The highest BCUT2D eigenvalue weighted by Gasteiger charge is 2.16. The Balaban J connectivity index is 2.43. The SMILES string of the molecule is C1=Nc2c(c3c(c4ncccc24)N=CN=3)=N1. The van der Waals surface area contributed by atoms with Crippen molar-refractivity contribution in [2.45, 2.75) is 0 Å². The largest absolute Gasteiger partial charge is 0.254 e. The highest BCUT2D eigenvalue weighted by molar-refractivity contribution is 6.00. The third kappa shape index (κ3) is 0.785. The lowest BCUT2D eigenvalue weighted by molar-refractivity contribution is 1.31. The number of nitrogens with zero attached hydrogens (tertiary/aromatic N) is 5. The van der Waals surface area contributed by atoms with Crippen LogP contribution in [0.1, 0.15) is 0 Å². The molecule has 0 spiro atoms. The Hall–Kier alpha value is -2.43. The third-order valence-corrected chi connectivity index (χ3v) is 2.71. The summed E-state index contributed by atoms with van der Waals surface area (Å²) in [5, 5.41) is 2.55. The van der Waals surface area contributed by atoms with Gasteiger partial charge in [-0.2, -0.15) is 0 Å². The Morgan fingerprint density at radius 3 is 2.50 bits per heavy atom. The van der Waals surface area contributed by atoms with Gasteiger partial charge < -0.3 is 0 Å². The zero-order chi connectivity index (χ0) is 10.5. The summed E-state index contributed by atoms with van der Waals surface area (Å²) < 4.78 is 0. The Morgan fingerprint density at radius 1 is 0.875 bits per heavy atom. The van der Waals surface area contributed by atoms with Gasteiger partial charge >= 0.3 is 0 Å². The van der Waals surface area contributed by atoms with E-state index in [0.29, 0.717) is 0 Å². The lowest BCUT2D eigenvalue weighted by Crippen LogP contribution is -2.23. The number of pyridine rings is 1. The zero-order valence-electron chi connectivity index (χ0n) is 8.12. The van der Waals surface area contributed by atoms with Crippen LogP contribution in [-0.4, -0.2) is 17.7 Å². The second-order valence-corrected chi connectivity index (χ2v) is 3.54. The molecule has 2 aliphatic heterocycles. The predicted octanol–water partition coefficient (Wildman–Crippen LogP) is 0.821. The van der Waals surface area contributed by atoms with Gasteiger partial charge in [-0.25, -0.2) is 20.0 Å². The molecule has 0 unspecified atom stereocenters. The van der Waals surface area contributed by atoms with Crippen LogP contribution in [0.3, 0.4) is 0 Å². The fraction of sp³-hybridized carbons (Fsp3) is 0. The molecular formula is C11H5N5. The molecule has 0 amide bonds.